The molecule has 3 rings (SSSR count). The average Bonchev–Trinajstić information content (AvgIpc) is 3.05. The molecule has 0 atom stereocenters. The minimum absolute atomic E-state index is 0.203. The standard InChI is InChI=1S/C18H17ClN4O3S/c1-24-14-9-8-12(16(19)17(14)25-2)10-20-23-15(21-22-18(23)27)11-26-13-6-4-3-5-7-13/h3-10H,11H2,1-2H3,(H,22,27)/b20-10-. The van der Waals surface area contributed by atoms with E-state index in [0.29, 0.717) is 32.7 Å². The second-order valence-corrected chi connectivity index (χ2v) is 6.07. The molecule has 0 aliphatic rings. The first-order valence-electron chi connectivity index (χ1n) is 7.93. The highest BCUT2D eigenvalue weighted by Gasteiger charge is 2.12. The Morgan fingerprint density at radius 2 is 1.96 bits per heavy atom. The van der Waals surface area contributed by atoms with Crippen LogP contribution < -0.4 is 14.2 Å². The Morgan fingerprint density at radius 3 is 2.67 bits per heavy atom. The predicted octanol–water partition coefficient (Wildman–Crippen LogP) is 4.07. The number of benzene rings is 2. The van der Waals surface area contributed by atoms with Gasteiger partial charge in [-0.05, 0) is 36.5 Å². The average molecular weight is 405 g/mol. The Morgan fingerprint density at radius 1 is 1.19 bits per heavy atom. The van der Waals surface area contributed by atoms with Crippen LogP contribution in [0.5, 0.6) is 17.2 Å². The van der Waals surface area contributed by atoms with Crippen molar-refractivity contribution in [3.8, 4) is 17.2 Å². The van der Waals surface area contributed by atoms with E-state index >= 15 is 0 Å². The van der Waals surface area contributed by atoms with E-state index in [-0.39, 0.29) is 6.61 Å². The molecule has 27 heavy (non-hydrogen) atoms. The molecular formula is C18H17ClN4O3S. The summed E-state index contributed by atoms with van der Waals surface area (Å²) < 4.78 is 18.0. The highest BCUT2D eigenvalue weighted by Crippen LogP contribution is 2.36. The van der Waals surface area contributed by atoms with E-state index in [9.17, 15) is 0 Å². The molecule has 9 heteroatoms. The van der Waals surface area contributed by atoms with Crippen LogP contribution in [0, 0.1) is 4.77 Å². The summed E-state index contributed by atoms with van der Waals surface area (Å²) in [7, 11) is 3.07. The summed E-state index contributed by atoms with van der Waals surface area (Å²) >= 11 is 11.6. The number of aromatic amines is 1. The molecule has 0 aliphatic carbocycles. The summed E-state index contributed by atoms with van der Waals surface area (Å²) in [6.07, 6.45) is 1.57. The van der Waals surface area contributed by atoms with E-state index in [1.165, 1.54) is 11.8 Å². The molecule has 0 bridgehead atoms. The summed E-state index contributed by atoms with van der Waals surface area (Å²) in [6, 6.07) is 12.9. The third-order valence-electron chi connectivity index (χ3n) is 3.66. The number of aromatic nitrogens is 3. The number of para-hydroxylation sites is 1. The number of nitrogens with zero attached hydrogens (tertiary/aromatic N) is 3. The van der Waals surface area contributed by atoms with Crippen LogP contribution in [0.1, 0.15) is 11.4 Å². The van der Waals surface area contributed by atoms with Gasteiger partial charge in [-0.2, -0.15) is 14.9 Å². The first-order chi connectivity index (χ1) is 13.1. The number of hydrogen-bond donors (Lipinski definition) is 1. The summed E-state index contributed by atoms with van der Waals surface area (Å²) in [5, 5.41) is 11.6. The van der Waals surface area contributed by atoms with Gasteiger partial charge >= 0.3 is 0 Å². The summed E-state index contributed by atoms with van der Waals surface area (Å²) in [5.41, 5.74) is 0.646. The Kier molecular flexibility index (Phi) is 6.10. The second-order valence-electron chi connectivity index (χ2n) is 5.31. The molecule has 0 unspecified atom stereocenters. The zero-order chi connectivity index (χ0) is 19.2. The number of halogens is 1. The number of nitrogens with one attached hydrogen (secondary N) is 1. The predicted molar refractivity (Wildman–Crippen MR) is 106 cm³/mol. The van der Waals surface area contributed by atoms with Crippen molar-refractivity contribution >= 4 is 30.0 Å². The van der Waals surface area contributed by atoms with Crippen molar-refractivity contribution in [2.45, 2.75) is 6.61 Å². The largest absolute Gasteiger partial charge is 0.493 e. The van der Waals surface area contributed by atoms with Crippen LogP contribution in [0.25, 0.3) is 0 Å². The Balaban J connectivity index is 1.84. The minimum atomic E-state index is 0.203. The molecule has 0 aliphatic heterocycles. The fourth-order valence-corrected chi connectivity index (χ4v) is 2.81. The minimum Gasteiger partial charge on any atom is -0.493 e. The molecule has 3 aromatic rings. The molecule has 0 saturated carbocycles. The molecular weight excluding hydrogens is 388 g/mol. The van der Waals surface area contributed by atoms with Gasteiger partial charge in [0.2, 0.25) is 4.77 Å². The van der Waals surface area contributed by atoms with Crippen molar-refractivity contribution < 1.29 is 14.2 Å². The molecule has 1 aromatic heterocycles. The van der Waals surface area contributed by atoms with Gasteiger partial charge in [0.25, 0.3) is 0 Å². The molecule has 1 N–H and O–H groups in total. The molecule has 0 fully saturated rings. The Hall–Kier alpha value is -2.84. The van der Waals surface area contributed by atoms with Crippen LogP contribution in [0.3, 0.4) is 0 Å². The van der Waals surface area contributed by atoms with Crippen LogP contribution in [0.4, 0.5) is 0 Å². The third-order valence-corrected chi connectivity index (χ3v) is 4.31. The lowest BCUT2D eigenvalue weighted by Crippen LogP contribution is -2.04. The first kappa shape index (κ1) is 18.9. The summed E-state index contributed by atoms with van der Waals surface area (Å²) in [4.78, 5) is 0. The van der Waals surface area contributed by atoms with Gasteiger partial charge in [0.15, 0.2) is 17.3 Å². The maximum Gasteiger partial charge on any atom is 0.216 e. The van der Waals surface area contributed by atoms with Crippen molar-refractivity contribution in [2.75, 3.05) is 14.2 Å². The third kappa shape index (κ3) is 4.29. The van der Waals surface area contributed by atoms with E-state index in [2.05, 4.69) is 15.3 Å². The quantitative estimate of drug-likeness (QED) is 0.474. The van der Waals surface area contributed by atoms with Crippen molar-refractivity contribution in [2.24, 2.45) is 5.10 Å². The lowest BCUT2D eigenvalue weighted by atomic mass is 10.2. The van der Waals surface area contributed by atoms with Gasteiger partial charge in [0.05, 0.1) is 25.5 Å². The number of methoxy groups -OCH3 is 2. The van der Waals surface area contributed by atoms with Crippen LogP contribution in [0.15, 0.2) is 47.6 Å². The molecule has 0 saturated heterocycles. The zero-order valence-corrected chi connectivity index (χ0v) is 16.3. The second kappa shape index (κ2) is 8.70. The van der Waals surface area contributed by atoms with Crippen molar-refractivity contribution in [1.29, 1.82) is 0 Å². The molecule has 0 amide bonds. The molecule has 0 radical (unpaired) electrons. The maximum absolute atomic E-state index is 6.37. The van der Waals surface area contributed by atoms with Crippen molar-refractivity contribution in [3.05, 3.63) is 63.6 Å². The molecule has 140 valence electrons. The van der Waals surface area contributed by atoms with E-state index in [4.69, 9.17) is 38.0 Å². The number of H-pyrrole nitrogens is 1. The van der Waals surface area contributed by atoms with Gasteiger partial charge in [-0.1, -0.05) is 29.8 Å². The smallest absolute Gasteiger partial charge is 0.216 e. The number of ether oxygens (including phenoxy) is 3. The van der Waals surface area contributed by atoms with Gasteiger partial charge < -0.3 is 14.2 Å². The van der Waals surface area contributed by atoms with E-state index in [1.54, 1.807) is 25.5 Å². The maximum atomic E-state index is 6.37. The van der Waals surface area contributed by atoms with Gasteiger partial charge in [0.1, 0.15) is 12.4 Å². The van der Waals surface area contributed by atoms with Crippen molar-refractivity contribution in [1.82, 2.24) is 14.9 Å². The SMILES string of the molecule is COc1ccc(/C=N\n2c(COc3ccccc3)n[nH]c2=S)c(Cl)c1OC. The van der Waals surface area contributed by atoms with Crippen LogP contribution in [-0.2, 0) is 6.61 Å². The van der Waals surface area contributed by atoms with Crippen molar-refractivity contribution in [3.63, 3.8) is 0 Å². The zero-order valence-electron chi connectivity index (χ0n) is 14.7. The summed E-state index contributed by atoms with van der Waals surface area (Å²) in [6.45, 7) is 0.203. The first-order valence-corrected chi connectivity index (χ1v) is 8.71. The lowest BCUT2D eigenvalue weighted by Gasteiger charge is -2.10. The highest BCUT2D eigenvalue weighted by atomic mass is 35.5. The van der Waals surface area contributed by atoms with Gasteiger partial charge in [-0.3, -0.25) is 0 Å². The van der Waals surface area contributed by atoms with Crippen LogP contribution in [-0.4, -0.2) is 35.3 Å². The molecule has 7 nitrogen and oxygen atoms in total. The Bertz CT molecular complexity index is 1000. The van der Waals surface area contributed by atoms with Gasteiger partial charge in [-0.15, -0.1) is 0 Å². The lowest BCUT2D eigenvalue weighted by molar-refractivity contribution is 0.290. The fourth-order valence-electron chi connectivity index (χ4n) is 2.33. The normalized spacial score (nSPS) is 10.9. The summed E-state index contributed by atoms with van der Waals surface area (Å²) in [5.74, 6) is 2.23. The topological polar surface area (TPSA) is 73.7 Å². The van der Waals surface area contributed by atoms with Crippen LogP contribution in [0.2, 0.25) is 5.02 Å². The van der Waals surface area contributed by atoms with Crippen LogP contribution >= 0.6 is 23.8 Å². The number of rotatable bonds is 7. The molecule has 1 heterocycles. The van der Waals surface area contributed by atoms with Gasteiger partial charge in [0, 0.05) is 5.56 Å². The molecule has 0 spiro atoms. The fraction of sp³-hybridized carbons (Fsp3) is 0.167. The monoisotopic (exact) mass is 404 g/mol. The van der Waals surface area contributed by atoms with Gasteiger partial charge in [-0.25, -0.2) is 5.10 Å². The Labute approximate surface area is 166 Å². The van der Waals surface area contributed by atoms with E-state index in [1.807, 2.05) is 30.3 Å². The molecule has 2 aromatic carbocycles. The van der Waals surface area contributed by atoms with E-state index < -0.39 is 0 Å². The number of hydrogen-bond acceptors (Lipinski definition) is 6. The van der Waals surface area contributed by atoms with E-state index in [0.717, 1.165) is 5.75 Å². The highest BCUT2D eigenvalue weighted by molar-refractivity contribution is 7.71.